The standard InChI is InChI=1S/C24H31N3O3S/c1-5-26(6-2)13-14-27(23(28)17-30-19-10-8-9-18(4)15-19)24-25-21-12-11-20(29-7-3)16-22(21)31-24/h8-12,15-16H,5-7,13-14,17H2,1-4H3. The number of ether oxygens (including phenoxy) is 2. The van der Waals surface area contributed by atoms with Gasteiger partial charge in [-0.2, -0.15) is 0 Å². The van der Waals surface area contributed by atoms with E-state index in [0.717, 1.165) is 41.2 Å². The van der Waals surface area contributed by atoms with Crippen LogP contribution < -0.4 is 14.4 Å². The number of aryl methyl sites for hydroxylation is 1. The summed E-state index contributed by atoms with van der Waals surface area (Å²) in [6.45, 7) is 12.0. The Kier molecular flexibility index (Phi) is 8.26. The molecule has 0 spiro atoms. The molecule has 3 aromatic rings. The Labute approximate surface area is 188 Å². The molecule has 1 aromatic heterocycles. The van der Waals surface area contributed by atoms with E-state index >= 15 is 0 Å². The first-order valence-electron chi connectivity index (χ1n) is 10.8. The first kappa shape index (κ1) is 23.0. The molecule has 1 amide bonds. The lowest BCUT2D eigenvalue weighted by Gasteiger charge is -2.24. The van der Waals surface area contributed by atoms with Crippen LogP contribution in [0.4, 0.5) is 5.13 Å². The van der Waals surface area contributed by atoms with Gasteiger partial charge in [0.25, 0.3) is 5.91 Å². The monoisotopic (exact) mass is 441 g/mol. The number of fused-ring (bicyclic) bond motifs is 1. The maximum atomic E-state index is 13.2. The summed E-state index contributed by atoms with van der Waals surface area (Å²) in [6, 6.07) is 13.6. The topological polar surface area (TPSA) is 54.9 Å². The normalized spacial score (nSPS) is 11.1. The molecule has 0 saturated heterocycles. The molecule has 2 aromatic carbocycles. The van der Waals surface area contributed by atoms with Crippen molar-refractivity contribution < 1.29 is 14.3 Å². The molecule has 7 heteroatoms. The Balaban J connectivity index is 1.81. The van der Waals surface area contributed by atoms with Gasteiger partial charge in [0.2, 0.25) is 0 Å². The first-order valence-corrected chi connectivity index (χ1v) is 11.6. The summed E-state index contributed by atoms with van der Waals surface area (Å²) < 4.78 is 12.4. The lowest BCUT2D eigenvalue weighted by Crippen LogP contribution is -2.41. The first-order chi connectivity index (χ1) is 15.0. The Morgan fingerprint density at radius 3 is 2.48 bits per heavy atom. The minimum absolute atomic E-state index is 0.0260. The Morgan fingerprint density at radius 1 is 1.00 bits per heavy atom. The van der Waals surface area contributed by atoms with E-state index in [1.807, 2.05) is 56.3 Å². The maximum absolute atomic E-state index is 13.2. The van der Waals surface area contributed by atoms with Gasteiger partial charge in [-0.25, -0.2) is 4.98 Å². The molecule has 0 aliphatic rings. The number of rotatable bonds is 11. The van der Waals surface area contributed by atoms with Gasteiger partial charge in [0.1, 0.15) is 11.5 Å². The van der Waals surface area contributed by atoms with Crippen molar-refractivity contribution in [3.8, 4) is 11.5 Å². The van der Waals surface area contributed by atoms with E-state index in [-0.39, 0.29) is 12.5 Å². The fraction of sp³-hybridized carbons (Fsp3) is 0.417. The van der Waals surface area contributed by atoms with Crippen LogP contribution in [0.3, 0.4) is 0 Å². The molecule has 166 valence electrons. The third kappa shape index (κ3) is 6.18. The van der Waals surface area contributed by atoms with E-state index in [1.54, 1.807) is 4.90 Å². The predicted octanol–water partition coefficient (Wildman–Crippen LogP) is 4.76. The van der Waals surface area contributed by atoms with Gasteiger partial charge < -0.3 is 14.4 Å². The third-order valence-electron chi connectivity index (χ3n) is 5.08. The number of aromatic nitrogens is 1. The van der Waals surface area contributed by atoms with Crippen LogP contribution in [0.5, 0.6) is 11.5 Å². The second-order valence-corrected chi connectivity index (χ2v) is 8.25. The van der Waals surface area contributed by atoms with Crippen LogP contribution in [0.15, 0.2) is 42.5 Å². The average Bonchev–Trinajstić information content (AvgIpc) is 3.18. The smallest absolute Gasteiger partial charge is 0.266 e. The van der Waals surface area contributed by atoms with Gasteiger partial charge in [-0.15, -0.1) is 0 Å². The number of hydrogen-bond donors (Lipinski definition) is 0. The molecule has 6 nitrogen and oxygen atoms in total. The summed E-state index contributed by atoms with van der Waals surface area (Å²) in [5, 5.41) is 0.689. The molecule has 31 heavy (non-hydrogen) atoms. The molecule has 0 aliphatic carbocycles. The largest absolute Gasteiger partial charge is 0.494 e. The van der Waals surface area contributed by atoms with Gasteiger partial charge in [0.05, 0.1) is 16.8 Å². The minimum Gasteiger partial charge on any atom is -0.494 e. The molecule has 0 saturated carbocycles. The molecule has 0 bridgehead atoms. The number of hydrogen-bond acceptors (Lipinski definition) is 6. The van der Waals surface area contributed by atoms with Crippen LogP contribution in [0.1, 0.15) is 26.3 Å². The van der Waals surface area contributed by atoms with Gasteiger partial charge >= 0.3 is 0 Å². The van der Waals surface area contributed by atoms with Crippen LogP contribution in [0.2, 0.25) is 0 Å². The van der Waals surface area contributed by atoms with Crippen molar-refractivity contribution in [1.29, 1.82) is 0 Å². The van der Waals surface area contributed by atoms with Crippen LogP contribution in [0.25, 0.3) is 10.2 Å². The van der Waals surface area contributed by atoms with Crippen LogP contribution in [-0.4, -0.2) is 55.2 Å². The molecule has 0 fully saturated rings. The fourth-order valence-corrected chi connectivity index (χ4v) is 4.34. The molecular weight excluding hydrogens is 410 g/mol. The highest BCUT2D eigenvalue weighted by molar-refractivity contribution is 7.22. The van der Waals surface area contributed by atoms with Gasteiger partial charge in [-0.3, -0.25) is 9.69 Å². The number of carbonyl (C=O) groups excluding carboxylic acids is 1. The Bertz CT molecular complexity index is 1000. The van der Waals surface area contributed by atoms with E-state index < -0.39 is 0 Å². The van der Waals surface area contributed by atoms with Crippen molar-refractivity contribution in [2.24, 2.45) is 0 Å². The second kappa shape index (κ2) is 11.1. The number of amides is 1. The van der Waals surface area contributed by atoms with Gasteiger partial charge in [0, 0.05) is 13.1 Å². The van der Waals surface area contributed by atoms with E-state index in [2.05, 4.69) is 18.7 Å². The molecule has 3 rings (SSSR count). The summed E-state index contributed by atoms with van der Waals surface area (Å²) in [7, 11) is 0. The molecule has 0 unspecified atom stereocenters. The fourth-order valence-electron chi connectivity index (χ4n) is 3.30. The molecule has 0 radical (unpaired) electrons. The minimum atomic E-state index is -0.0993. The van der Waals surface area contributed by atoms with E-state index in [0.29, 0.717) is 24.0 Å². The molecule has 0 aliphatic heterocycles. The summed E-state index contributed by atoms with van der Waals surface area (Å²) >= 11 is 1.50. The molecule has 0 N–H and O–H groups in total. The summed E-state index contributed by atoms with van der Waals surface area (Å²) in [4.78, 5) is 21.9. The van der Waals surface area contributed by atoms with E-state index in [1.165, 1.54) is 11.3 Å². The number of nitrogens with zero attached hydrogens (tertiary/aromatic N) is 3. The zero-order valence-electron chi connectivity index (χ0n) is 18.8. The lowest BCUT2D eigenvalue weighted by molar-refractivity contribution is -0.120. The molecule has 1 heterocycles. The summed E-state index contributed by atoms with van der Waals surface area (Å²) in [5.74, 6) is 1.41. The zero-order valence-corrected chi connectivity index (χ0v) is 19.6. The van der Waals surface area contributed by atoms with Gasteiger partial charge in [-0.05, 0) is 62.8 Å². The van der Waals surface area contributed by atoms with Gasteiger partial charge in [-0.1, -0.05) is 37.3 Å². The Morgan fingerprint density at radius 2 is 1.77 bits per heavy atom. The number of carbonyl (C=O) groups is 1. The second-order valence-electron chi connectivity index (χ2n) is 7.24. The van der Waals surface area contributed by atoms with Crippen LogP contribution >= 0.6 is 11.3 Å². The van der Waals surface area contributed by atoms with Crippen molar-refractivity contribution >= 4 is 32.6 Å². The quantitative estimate of drug-likeness (QED) is 0.430. The lowest BCUT2D eigenvalue weighted by atomic mass is 10.2. The van der Waals surface area contributed by atoms with E-state index in [9.17, 15) is 4.79 Å². The molecular formula is C24H31N3O3S. The van der Waals surface area contributed by atoms with Crippen molar-refractivity contribution in [3.63, 3.8) is 0 Å². The highest BCUT2D eigenvalue weighted by Crippen LogP contribution is 2.31. The van der Waals surface area contributed by atoms with E-state index in [4.69, 9.17) is 14.5 Å². The highest BCUT2D eigenvalue weighted by Gasteiger charge is 2.21. The highest BCUT2D eigenvalue weighted by atomic mass is 32.1. The summed E-state index contributed by atoms with van der Waals surface area (Å²) in [6.07, 6.45) is 0. The maximum Gasteiger partial charge on any atom is 0.266 e. The predicted molar refractivity (Wildman–Crippen MR) is 128 cm³/mol. The van der Waals surface area contributed by atoms with Gasteiger partial charge in [0.15, 0.2) is 11.7 Å². The number of benzene rings is 2. The van der Waals surface area contributed by atoms with Crippen molar-refractivity contribution in [3.05, 3.63) is 48.0 Å². The third-order valence-corrected chi connectivity index (χ3v) is 6.12. The van der Waals surface area contributed by atoms with Crippen molar-refractivity contribution in [1.82, 2.24) is 9.88 Å². The number of thiazole rings is 1. The number of anilines is 1. The summed E-state index contributed by atoms with van der Waals surface area (Å²) in [5.41, 5.74) is 1.96. The molecule has 0 atom stereocenters. The SMILES string of the molecule is CCOc1ccc2nc(N(CCN(CC)CC)C(=O)COc3cccc(C)c3)sc2c1. The van der Waals surface area contributed by atoms with Crippen molar-refractivity contribution in [2.75, 3.05) is 44.3 Å². The van der Waals surface area contributed by atoms with Crippen LogP contribution in [-0.2, 0) is 4.79 Å². The average molecular weight is 442 g/mol. The van der Waals surface area contributed by atoms with Crippen molar-refractivity contribution in [2.45, 2.75) is 27.7 Å². The van der Waals surface area contributed by atoms with Crippen LogP contribution in [0, 0.1) is 6.92 Å². The zero-order chi connectivity index (χ0) is 22.2. The Hall–Kier alpha value is -2.64. The number of likely N-dealkylation sites (N-methyl/N-ethyl adjacent to an activating group) is 1.